The van der Waals surface area contributed by atoms with Gasteiger partial charge >= 0.3 is 0 Å². The Labute approximate surface area is 169 Å². The van der Waals surface area contributed by atoms with E-state index >= 15 is 0 Å². The van der Waals surface area contributed by atoms with Gasteiger partial charge in [0.1, 0.15) is 11.6 Å². The lowest BCUT2D eigenvalue weighted by Crippen LogP contribution is -2.23. The van der Waals surface area contributed by atoms with E-state index in [9.17, 15) is 4.79 Å². The topological polar surface area (TPSA) is 44.1 Å². The van der Waals surface area contributed by atoms with Gasteiger partial charge in [-0.25, -0.2) is 4.98 Å². The summed E-state index contributed by atoms with van der Waals surface area (Å²) in [5.74, 6) is 2.30. The number of Topliss-reactive ketones (excluding diaryl/α,β-unsaturated/α-hetero) is 1. The number of carbonyl (C=O) groups excluding carboxylic acids is 1. The van der Waals surface area contributed by atoms with E-state index in [1.54, 1.807) is 0 Å². The Kier molecular flexibility index (Phi) is 7.30. The molecule has 28 heavy (non-hydrogen) atoms. The standard InChI is InChI=1S/C24H34N2O2/c1-4-7-16-28-22-13-12-21(19-10-8-9-11-20(19)22)24(27)18(5-2)17-26-15-14-25-23(26)6-3/h12-15,18H,4-11,16-17H2,1-3H3. The fourth-order valence-corrected chi connectivity index (χ4v) is 4.20. The summed E-state index contributed by atoms with van der Waals surface area (Å²) < 4.78 is 8.20. The first-order valence-corrected chi connectivity index (χ1v) is 11.0. The molecule has 0 bridgehead atoms. The van der Waals surface area contributed by atoms with Crippen LogP contribution in [-0.4, -0.2) is 21.9 Å². The summed E-state index contributed by atoms with van der Waals surface area (Å²) >= 11 is 0. The van der Waals surface area contributed by atoms with E-state index in [4.69, 9.17) is 4.74 Å². The maximum absolute atomic E-state index is 13.5. The van der Waals surface area contributed by atoms with Crippen LogP contribution in [-0.2, 0) is 25.8 Å². The van der Waals surface area contributed by atoms with Crippen molar-refractivity contribution in [3.63, 3.8) is 0 Å². The Morgan fingerprint density at radius 1 is 1.18 bits per heavy atom. The highest BCUT2D eigenvalue weighted by Gasteiger charge is 2.26. The molecule has 1 aromatic carbocycles. The van der Waals surface area contributed by atoms with Crippen LogP contribution in [0.1, 0.15) is 80.2 Å². The number of ether oxygens (including phenoxy) is 1. The molecular formula is C24H34N2O2. The number of fused-ring (bicyclic) bond motifs is 1. The fourth-order valence-electron chi connectivity index (χ4n) is 4.20. The molecule has 0 saturated heterocycles. The van der Waals surface area contributed by atoms with E-state index < -0.39 is 0 Å². The molecule has 1 heterocycles. The molecule has 2 aromatic rings. The van der Waals surface area contributed by atoms with E-state index in [0.717, 1.165) is 68.7 Å². The Balaban J connectivity index is 1.85. The molecule has 0 spiro atoms. The monoisotopic (exact) mass is 382 g/mol. The molecule has 0 radical (unpaired) electrons. The van der Waals surface area contributed by atoms with E-state index in [1.807, 2.05) is 24.5 Å². The zero-order chi connectivity index (χ0) is 19.9. The van der Waals surface area contributed by atoms with E-state index in [-0.39, 0.29) is 11.7 Å². The lowest BCUT2D eigenvalue weighted by molar-refractivity contribution is 0.0901. The second kappa shape index (κ2) is 9.90. The summed E-state index contributed by atoms with van der Waals surface area (Å²) in [6.45, 7) is 7.86. The van der Waals surface area contributed by atoms with Crippen LogP contribution in [0.2, 0.25) is 0 Å². The molecule has 0 N–H and O–H groups in total. The minimum atomic E-state index is -0.0163. The SMILES string of the molecule is CCCCOc1ccc(C(=O)C(CC)Cn2ccnc2CC)c2c1CCCC2. The maximum atomic E-state index is 13.5. The highest BCUT2D eigenvalue weighted by atomic mass is 16.5. The molecule has 0 aliphatic heterocycles. The van der Waals surface area contributed by atoms with Gasteiger partial charge in [0.25, 0.3) is 0 Å². The fraction of sp³-hybridized carbons (Fsp3) is 0.583. The number of nitrogens with zero attached hydrogens (tertiary/aromatic N) is 2. The van der Waals surface area contributed by atoms with Gasteiger partial charge in [-0.05, 0) is 61.8 Å². The highest BCUT2D eigenvalue weighted by molar-refractivity contribution is 5.99. The van der Waals surface area contributed by atoms with E-state index in [2.05, 4.69) is 30.3 Å². The number of ketones is 1. The van der Waals surface area contributed by atoms with Crippen molar-refractivity contribution in [3.05, 3.63) is 47.0 Å². The van der Waals surface area contributed by atoms with E-state index in [0.29, 0.717) is 6.54 Å². The molecule has 1 aromatic heterocycles. The molecule has 1 aliphatic carbocycles. The van der Waals surface area contributed by atoms with Crippen LogP contribution in [0.25, 0.3) is 0 Å². The molecule has 0 amide bonds. The van der Waals surface area contributed by atoms with Crippen LogP contribution in [0, 0.1) is 5.92 Å². The Morgan fingerprint density at radius 2 is 1.96 bits per heavy atom. The number of aryl methyl sites for hydroxylation is 1. The van der Waals surface area contributed by atoms with Crippen molar-refractivity contribution in [2.45, 2.75) is 78.7 Å². The van der Waals surface area contributed by atoms with Crippen molar-refractivity contribution in [2.24, 2.45) is 5.92 Å². The van der Waals surface area contributed by atoms with Crippen molar-refractivity contribution in [2.75, 3.05) is 6.61 Å². The Hall–Kier alpha value is -2.10. The van der Waals surface area contributed by atoms with Crippen molar-refractivity contribution in [1.29, 1.82) is 0 Å². The van der Waals surface area contributed by atoms with Crippen LogP contribution >= 0.6 is 0 Å². The lowest BCUT2D eigenvalue weighted by Gasteiger charge is -2.24. The normalized spacial score (nSPS) is 14.5. The minimum Gasteiger partial charge on any atom is -0.493 e. The zero-order valence-corrected chi connectivity index (χ0v) is 17.7. The van der Waals surface area contributed by atoms with Crippen LogP contribution in [0.5, 0.6) is 5.75 Å². The predicted molar refractivity (Wildman–Crippen MR) is 113 cm³/mol. The van der Waals surface area contributed by atoms with Crippen molar-refractivity contribution in [3.8, 4) is 5.75 Å². The molecule has 3 rings (SSSR count). The van der Waals surface area contributed by atoms with Gasteiger partial charge in [-0.2, -0.15) is 0 Å². The van der Waals surface area contributed by atoms with Crippen molar-refractivity contribution < 1.29 is 9.53 Å². The largest absolute Gasteiger partial charge is 0.493 e. The van der Waals surface area contributed by atoms with Gasteiger partial charge in [0.15, 0.2) is 5.78 Å². The van der Waals surface area contributed by atoms with Crippen LogP contribution in [0.4, 0.5) is 0 Å². The molecule has 4 nitrogen and oxygen atoms in total. The number of hydrogen-bond acceptors (Lipinski definition) is 3. The summed E-state index contributed by atoms with van der Waals surface area (Å²) in [4.78, 5) is 17.9. The second-order valence-electron chi connectivity index (χ2n) is 7.80. The van der Waals surface area contributed by atoms with Crippen molar-refractivity contribution in [1.82, 2.24) is 9.55 Å². The second-order valence-corrected chi connectivity index (χ2v) is 7.80. The zero-order valence-electron chi connectivity index (χ0n) is 17.7. The summed E-state index contributed by atoms with van der Waals surface area (Å²) in [6, 6.07) is 4.06. The quantitative estimate of drug-likeness (QED) is 0.407. The lowest BCUT2D eigenvalue weighted by atomic mass is 9.83. The maximum Gasteiger partial charge on any atom is 0.168 e. The molecule has 1 atom stereocenters. The first-order valence-electron chi connectivity index (χ1n) is 11.0. The average molecular weight is 383 g/mol. The Bertz CT molecular complexity index is 794. The molecule has 0 fully saturated rings. The molecular weight excluding hydrogens is 348 g/mol. The third kappa shape index (κ3) is 4.48. The first-order chi connectivity index (χ1) is 13.7. The molecule has 152 valence electrons. The summed E-state index contributed by atoms with van der Waals surface area (Å²) in [5, 5.41) is 0. The number of benzene rings is 1. The summed E-state index contributed by atoms with van der Waals surface area (Å²) in [7, 11) is 0. The van der Waals surface area contributed by atoms with Gasteiger partial charge < -0.3 is 9.30 Å². The van der Waals surface area contributed by atoms with Gasteiger partial charge in [-0.1, -0.05) is 27.2 Å². The van der Waals surface area contributed by atoms with Crippen LogP contribution < -0.4 is 4.74 Å². The number of carbonyl (C=O) groups is 1. The molecule has 0 saturated carbocycles. The van der Waals surface area contributed by atoms with Gasteiger partial charge in [0.2, 0.25) is 0 Å². The summed E-state index contributed by atoms with van der Waals surface area (Å²) in [6.07, 6.45) is 12.1. The predicted octanol–water partition coefficient (Wildman–Crippen LogP) is 5.41. The van der Waals surface area contributed by atoms with Gasteiger partial charge in [0.05, 0.1) is 6.61 Å². The van der Waals surface area contributed by atoms with Gasteiger partial charge in [-0.15, -0.1) is 0 Å². The summed E-state index contributed by atoms with van der Waals surface area (Å²) in [5.41, 5.74) is 3.44. The van der Waals surface area contributed by atoms with Crippen LogP contribution in [0.3, 0.4) is 0 Å². The van der Waals surface area contributed by atoms with Gasteiger partial charge in [-0.3, -0.25) is 4.79 Å². The third-order valence-electron chi connectivity index (χ3n) is 5.91. The first kappa shape index (κ1) is 20.6. The smallest absolute Gasteiger partial charge is 0.168 e. The number of unbranched alkanes of at least 4 members (excludes halogenated alkanes) is 1. The number of imidazole rings is 1. The van der Waals surface area contributed by atoms with Crippen LogP contribution in [0.15, 0.2) is 24.5 Å². The number of hydrogen-bond donors (Lipinski definition) is 0. The third-order valence-corrected chi connectivity index (χ3v) is 5.91. The Morgan fingerprint density at radius 3 is 2.68 bits per heavy atom. The number of aromatic nitrogens is 2. The molecule has 4 heteroatoms. The highest BCUT2D eigenvalue weighted by Crippen LogP contribution is 2.34. The average Bonchev–Trinajstić information content (AvgIpc) is 3.19. The molecule has 1 aliphatic rings. The van der Waals surface area contributed by atoms with E-state index in [1.165, 1.54) is 17.5 Å². The van der Waals surface area contributed by atoms with Crippen molar-refractivity contribution >= 4 is 5.78 Å². The molecule has 1 unspecified atom stereocenters. The minimum absolute atomic E-state index is 0.0163. The number of rotatable bonds is 10. The van der Waals surface area contributed by atoms with Gasteiger partial charge in [0, 0.05) is 36.8 Å².